The molecular weight excluding hydrogens is 406 g/mol. The van der Waals surface area contributed by atoms with Gasteiger partial charge in [-0.2, -0.15) is 0 Å². The third-order valence-electron chi connectivity index (χ3n) is 5.27. The van der Waals surface area contributed by atoms with Gasteiger partial charge in [0.05, 0.1) is 11.0 Å². The highest BCUT2D eigenvalue weighted by Crippen LogP contribution is 2.39. The lowest BCUT2D eigenvalue weighted by Gasteiger charge is -2.36. The second-order valence-corrected chi connectivity index (χ2v) is 7.70. The molecule has 0 heterocycles. The molecule has 0 aliphatic heterocycles. The van der Waals surface area contributed by atoms with E-state index in [1.165, 1.54) is 6.92 Å². The van der Waals surface area contributed by atoms with Crippen LogP contribution in [0.15, 0.2) is 54.6 Å². The lowest BCUT2D eigenvalue weighted by Crippen LogP contribution is -2.49. The molecule has 1 aliphatic rings. The van der Waals surface area contributed by atoms with Gasteiger partial charge in [-0.05, 0) is 36.6 Å². The average Bonchev–Trinajstić information content (AvgIpc) is 2.74. The maximum atomic E-state index is 12.9. The molecule has 0 radical (unpaired) electrons. The van der Waals surface area contributed by atoms with Crippen LogP contribution in [0, 0.1) is 0 Å². The number of hydrogen-bond donors (Lipinski definition) is 1. The highest BCUT2D eigenvalue weighted by molar-refractivity contribution is 6.31. The molecule has 30 heavy (non-hydrogen) atoms. The Morgan fingerprint density at radius 3 is 2.47 bits per heavy atom. The summed E-state index contributed by atoms with van der Waals surface area (Å²) in [4.78, 5) is 37.3. The van der Waals surface area contributed by atoms with E-state index in [0.717, 1.165) is 12.8 Å². The summed E-state index contributed by atoms with van der Waals surface area (Å²) in [7, 11) is 0. The number of ether oxygens (including phenoxy) is 2. The van der Waals surface area contributed by atoms with Gasteiger partial charge >= 0.3 is 12.1 Å². The van der Waals surface area contributed by atoms with E-state index >= 15 is 0 Å². The largest absolute Gasteiger partial charge is 0.422 e. The summed E-state index contributed by atoms with van der Waals surface area (Å²) in [5.41, 5.74) is 0.179. The van der Waals surface area contributed by atoms with Gasteiger partial charge in [0, 0.05) is 24.9 Å². The number of nitrogens with one attached hydrogen (secondary N) is 1. The number of esters is 1. The van der Waals surface area contributed by atoms with Gasteiger partial charge in [-0.25, -0.2) is 9.59 Å². The molecule has 2 aromatic carbocycles. The van der Waals surface area contributed by atoms with Crippen molar-refractivity contribution in [2.45, 2.75) is 44.3 Å². The third-order valence-corrected chi connectivity index (χ3v) is 5.60. The Hall–Kier alpha value is -2.86. The van der Waals surface area contributed by atoms with Crippen LogP contribution in [-0.2, 0) is 19.7 Å². The zero-order valence-electron chi connectivity index (χ0n) is 16.7. The summed E-state index contributed by atoms with van der Waals surface area (Å²) in [5.74, 6) is -0.545. The van der Waals surface area contributed by atoms with Gasteiger partial charge in [-0.1, -0.05) is 54.4 Å². The standard InChI is InChI=1S/C23H24ClNO5/c1-16(29-21(27)17-9-3-2-4-10-17)30-22(28)25-15-23(14-8-7-13-20(23)26)18-11-5-6-12-19(18)24/h2-6,9-12,16H,7-8,13-15H2,1H3,(H,25,28)/t16?,23-/m1/s1. The highest BCUT2D eigenvalue weighted by atomic mass is 35.5. The molecule has 0 saturated heterocycles. The van der Waals surface area contributed by atoms with Gasteiger partial charge in [-0.15, -0.1) is 0 Å². The van der Waals surface area contributed by atoms with Crippen LogP contribution in [0.25, 0.3) is 0 Å². The minimum Gasteiger partial charge on any atom is -0.422 e. The molecule has 0 aromatic heterocycles. The van der Waals surface area contributed by atoms with Crippen molar-refractivity contribution in [3.8, 4) is 0 Å². The Labute approximate surface area is 180 Å². The second kappa shape index (κ2) is 9.76. The number of halogens is 1. The molecule has 0 spiro atoms. The second-order valence-electron chi connectivity index (χ2n) is 7.29. The van der Waals surface area contributed by atoms with Crippen LogP contribution in [0.4, 0.5) is 4.79 Å². The molecule has 1 fully saturated rings. The van der Waals surface area contributed by atoms with Gasteiger partial charge in [-0.3, -0.25) is 4.79 Å². The van der Waals surface area contributed by atoms with Crippen LogP contribution in [0.5, 0.6) is 0 Å². The van der Waals surface area contributed by atoms with Crippen molar-refractivity contribution < 1.29 is 23.9 Å². The van der Waals surface area contributed by atoms with Crippen molar-refractivity contribution in [1.82, 2.24) is 5.32 Å². The lowest BCUT2D eigenvalue weighted by molar-refractivity contribution is -0.126. The zero-order chi connectivity index (χ0) is 21.6. The quantitative estimate of drug-likeness (QED) is 0.534. The van der Waals surface area contributed by atoms with Crippen LogP contribution in [0.3, 0.4) is 0 Å². The van der Waals surface area contributed by atoms with Gasteiger partial charge in [0.2, 0.25) is 6.29 Å². The molecule has 1 N–H and O–H groups in total. The van der Waals surface area contributed by atoms with E-state index in [1.807, 2.05) is 12.1 Å². The molecule has 7 heteroatoms. The summed E-state index contributed by atoms with van der Waals surface area (Å²) in [5, 5.41) is 3.15. The summed E-state index contributed by atoms with van der Waals surface area (Å²) in [6.07, 6.45) is 0.853. The monoisotopic (exact) mass is 429 g/mol. The first-order chi connectivity index (χ1) is 14.4. The van der Waals surface area contributed by atoms with Gasteiger partial charge in [0.25, 0.3) is 0 Å². The van der Waals surface area contributed by atoms with Crippen LogP contribution in [-0.4, -0.2) is 30.7 Å². The van der Waals surface area contributed by atoms with Crippen molar-refractivity contribution in [2.24, 2.45) is 0 Å². The first-order valence-electron chi connectivity index (χ1n) is 9.91. The van der Waals surface area contributed by atoms with Crippen LogP contribution in [0.1, 0.15) is 48.5 Å². The molecule has 1 amide bonds. The molecule has 1 unspecified atom stereocenters. The minimum atomic E-state index is -1.09. The summed E-state index contributed by atoms with van der Waals surface area (Å²) in [6.45, 7) is 1.52. The van der Waals surface area contributed by atoms with Gasteiger partial charge in [0.1, 0.15) is 5.78 Å². The summed E-state index contributed by atoms with van der Waals surface area (Å²) >= 11 is 6.37. The van der Waals surface area contributed by atoms with E-state index in [2.05, 4.69) is 5.32 Å². The molecular formula is C23H24ClNO5. The normalized spacial score (nSPS) is 19.6. The van der Waals surface area contributed by atoms with Gasteiger partial charge < -0.3 is 14.8 Å². The Balaban J connectivity index is 1.63. The molecule has 3 rings (SSSR count). The zero-order valence-corrected chi connectivity index (χ0v) is 17.5. The van der Waals surface area contributed by atoms with E-state index in [0.29, 0.717) is 29.0 Å². The Morgan fingerprint density at radius 1 is 1.07 bits per heavy atom. The number of alkyl carbamates (subject to hydrolysis) is 1. The summed E-state index contributed by atoms with van der Waals surface area (Å²) in [6, 6.07) is 15.6. The van der Waals surface area contributed by atoms with Gasteiger partial charge in [0.15, 0.2) is 0 Å². The number of Topliss-reactive ketones (excluding diaryl/α,β-unsaturated/α-hetero) is 1. The van der Waals surface area contributed by atoms with Crippen molar-refractivity contribution in [3.05, 3.63) is 70.7 Å². The highest BCUT2D eigenvalue weighted by Gasteiger charge is 2.43. The number of carbonyl (C=O) groups is 3. The summed E-state index contributed by atoms with van der Waals surface area (Å²) < 4.78 is 10.3. The fourth-order valence-electron chi connectivity index (χ4n) is 3.74. The van der Waals surface area contributed by atoms with Crippen LogP contribution >= 0.6 is 11.6 Å². The van der Waals surface area contributed by atoms with Crippen LogP contribution < -0.4 is 5.32 Å². The number of hydrogen-bond acceptors (Lipinski definition) is 5. The van der Waals surface area contributed by atoms with Crippen molar-refractivity contribution in [3.63, 3.8) is 0 Å². The first-order valence-corrected chi connectivity index (χ1v) is 10.3. The van der Waals surface area contributed by atoms with Crippen molar-refractivity contribution in [2.75, 3.05) is 6.54 Å². The molecule has 6 nitrogen and oxygen atoms in total. The number of rotatable bonds is 6. The van der Waals surface area contributed by atoms with E-state index in [9.17, 15) is 14.4 Å². The fraction of sp³-hybridized carbons (Fsp3) is 0.348. The Bertz CT molecular complexity index is 917. The van der Waals surface area contributed by atoms with Crippen molar-refractivity contribution in [1.29, 1.82) is 0 Å². The Morgan fingerprint density at radius 2 is 1.77 bits per heavy atom. The number of ketones is 1. The molecule has 2 aromatic rings. The Kier molecular flexibility index (Phi) is 7.11. The number of benzene rings is 2. The topological polar surface area (TPSA) is 81.7 Å². The first kappa shape index (κ1) is 21.8. The smallest absolute Gasteiger partial charge is 0.410 e. The predicted molar refractivity (Wildman–Crippen MR) is 112 cm³/mol. The average molecular weight is 430 g/mol. The maximum Gasteiger partial charge on any atom is 0.410 e. The lowest BCUT2D eigenvalue weighted by atomic mass is 9.68. The van der Waals surface area contributed by atoms with Crippen LogP contribution in [0.2, 0.25) is 5.02 Å². The molecule has 158 valence electrons. The molecule has 1 saturated carbocycles. The van der Waals surface area contributed by atoms with E-state index in [1.54, 1.807) is 42.5 Å². The fourth-order valence-corrected chi connectivity index (χ4v) is 4.06. The number of carbonyl (C=O) groups excluding carboxylic acids is 3. The molecule has 0 bridgehead atoms. The third kappa shape index (κ3) is 5.00. The minimum absolute atomic E-state index is 0.0469. The predicted octanol–water partition coefficient (Wildman–Crippen LogP) is 4.65. The van der Waals surface area contributed by atoms with Crippen molar-refractivity contribution >= 4 is 29.4 Å². The molecule has 2 atom stereocenters. The number of amides is 1. The maximum absolute atomic E-state index is 12.9. The van der Waals surface area contributed by atoms with E-state index in [-0.39, 0.29) is 12.3 Å². The van der Waals surface area contributed by atoms with E-state index in [4.69, 9.17) is 21.1 Å². The molecule has 1 aliphatic carbocycles. The SMILES string of the molecule is CC(OC(=O)NC[C@@]1(c2ccccc2Cl)CCCCC1=O)OC(=O)c1ccccc1. The van der Waals surface area contributed by atoms with E-state index < -0.39 is 23.8 Å².